The van der Waals surface area contributed by atoms with Crippen LogP contribution in [0.15, 0.2) is 24.3 Å². The van der Waals surface area contributed by atoms with Gasteiger partial charge in [-0.3, -0.25) is 0 Å². The van der Waals surface area contributed by atoms with Crippen molar-refractivity contribution in [2.24, 2.45) is 5.92 Å². The summed E-state index contributed by atoms with van der Waals surface area (Å²) in [5, 5.41) is 3.76. The molecule has 1 heterocycles. The Bertz CT molecular complexity index is 392. The first kappa shape index (κ1) is 16.2. The molecule has 2 rings (SSSR count). The number of nitrogens with one attached hydrogen (secondary N) is 1. The van der Waals surface area contributed by atoms with Gasteiger partial charge in [0.2, 0.25) is 0 Å². The van der Waals surface area contributed by atoms with E-state index >= 15 is 0 Å². The van der Waals surface area contributed by atoms with E-state index in [0.29, 0.717) is 18.1 Å². The second kappa shape index (κ2) is 8.35. The Labute approximate surface area is 136 Å². The zero-order chi connectivity index (χ0) is 14.4. The maximum absolute atomic E-state index is 5.89. The smallest absolute Gasteiger partial charge is 0.0616 e. The third kappa shape index (κ3) is 4.43. The maximum atomic E-state index is 5.89. The minimum Gasteiger partial charge on any atom is -0.378 e. The monoisotopic (exact) mass is 387 g/mol. The molecular formula is C17H26INO. The Morgan fingerprint density at radius 2 is 2.05 bits per heavy atom. The molecular weight excluding hydrogens is 361 g/mol. The van der Waals surface area contributed by atoms with Crippen LogP contribution in [-0.4, -0.2) is 25.3 Å². The summed E-state index contributed by atoms with van der Waals surface area (Å²) in [4.78, 5) is 0. The average Bonchev–Trinajstić information content (AvgIpc) is 2.94. The average molecular weight is 387 g/mol. The Morgan fingerprint density at radius 3 is 2.70 bits per heavy atom. The number of benzene rings is 1. The largest absolute Gasteiger partial charge is 0.378 e. The summed E-state index contributed by atoms with van der Waals surface area (Å²) >= 11 is 2.36. The zero-order valence-electron chi connectivity index (χ0n) is 12.6. The van der Waals surface area contributed by atoms with Gasteiger partial charge in [0.05, 0.1) is 6.10 Å². The van der Waals surface area contributed by atoms with Crippen molar-refractivity contribution in [2.45, 2.75) is 51.7 Å². The summed E-state index contributed by atoms with van der Waals surface area (Å²) in [5.74, 6) is 0.658. The molecule has 20 heavy (non-hydrogen) atoms. The van der Waals surface area contributed by atoms with Crippen molar-refractivity contribution in [1.82, 2.24) is 5.32 Å². The quantitative estimate of drug-likeness (QED) is 0.714. The molecule has 2 nitrogen and oxygen atoms in total. The molecule has 1 fully saturated rings. The number of hydrogen-bond donors (Lipinski definition) is 1. The topological polar surface area (TPSA) is 21.3 Å². The molecule has 1 aromatic rings. The van der Waals surface area contributed by atoms with E-state index in [0.717, 1.165) is 26.0 Å². The summed E-state index contributed by atoms with van der Waals surface area (Å²) in [5.41, 5.74) is 1.43. The van der Waals surface area contributed by atoms with Gasteiger partial charge in [-0.05, 0) is 72.5 Å². The molecule has 0 amide bonds. The lowest BCUT2D eigenvalue weighted by Gasteiger charge is -2.28. The Balaban J connectivity index is 2.04. The highest BCUT2D eigenvalue weighted by molar-refractivity contribution is 14.1. The van der Waals surface area contributed by atoms with Gasteiger partial charge in [0.15, 0.2) is 0 Å². The number of halogens is 1. The third-order valence-corrected chi connectivity index (χ3v) is 4.92. The van der Waals surface area contributed by atoms with Crippen molar-refractivity contribution in [3.63, 3.8) is 0 Å². The third-order valence-electron chi connectivity index (χ3n) is 4.21. The fourth-order valence-electron chi connectivity index (χ4n) is 3.12. The molecule has 3 unspecified atom stereocenters. The predicted molar refractivity (Wildman–Crippen MR) is 93.1 cm³/mol. The second-order valence-corrected chi connectivity index (χ2v) is 6.91. The van der Waals surface area contributed by atoms with Gasteiger partial charge in [-0.25, -0.2) is 0 Å². The first-order valence-electron chi connectivity index (χ1n) is 7.84. The molecule has 0 saturated carbocycles. The van der Waals surface area contributed by atoms with E-state index in [-0.39, 0.29) is 0 Å². The van der Waals surface area contributed by atoms with Gasteiger partial charge in [0, 0.05) is 22.1 Å². The van der Waals surface area contributed by atoms with Gasteiger partial charge < -0.3 is 10.1 Å². The fourth-order valence-corrected chi connectivity index (χ4v) is 3.48. The summed E-state index contributed by atoms with van der Waals surface area (Å²) in [6.07, 6.45) is 5.06. The molecule has 1 aromatic carbocycles. The Hall–Kier alpha value is -0.130. The molecule has 3 heteroatoms. The Morgan fingerprint density at radius 1 is 1.30 bits per heavy atom. The van der Waals surface area contributed by atoms with E-state index in [1.54, 1.807) is 0 Å². The van der Waals surface area contributed by atoms with Gasteiger partial charge in [0.25, 0.3) is 0 Å². The SMILES string of the molecule is CCCNC(Cc1ccc(I)cc1)C1CCOC1CC. The predicted octanol–water partition coefficient (Wildman–Crippen LogP) is 4.02. The van der Waals surface area contributed by atoms with Crippen LogP contribution in [0.3, 0.4) is 0 Å². The highest BCUT2D eigenvalue weighted by atomic mass is 127. The van der Waals surface area contributed by atoms with E-state index in [1.165, 1.54) is 22.0 Å². The van der Waals surface area contributed by atoms with Gasteiger partial charge in [0.1, 0.15) is 0 Å². The van der Waals surface area contributed by atoms with Crippen LogP contribution in [0, 0.1) is 9.49 Å². The van der Waals surface area contributed by atoms with Crippen LogP contribution in [0.1, 0.15) is 38.7 Å². The lowest BCUT2D eigenvalue weighted by atomic mass is 9.87. The van der Waals surface area contributed by atoms with E-state index in [9.17, 15) is 0 Å². The lowest BCUT2D eigenvalue weighted by Crippen LogP contribution is -2.41. The number of rotatable bonds is 7. The molecule has 1 saturated heterocycles. The molecule has 1 aliphatic rings. The number of hydrogen-bond acceptors (Lipinski definition) is 2. The molecule has 0 bridgehead atoms. The van der Waals surface area contributed by atoms with Crippen molar-refractivity contribution >= 4 is 22.6 Å². The molecule has 1 N–H and O–H groups in total. The van der Waals surface area contributed by atoms with Crippen LogP contribution < -0.4 is 5.32 Å². The van der Waals surface area contributed by atoms with Crippen LogP contribution in [0.5, 0.6) is 0 Å². The summed E-state index contributed by atoms with van der Waals surface area (Å²) in [7, 11) is 0. The minimum atomic E-state index is 0.438. The van der Waals surface area contributed by atoms with Crippen LogP contribution in [0.4, 0.5) is 0 Å². The summed E-state index contributed by atoms with van der Waals surface area (Å²) in [6.45, 7) is 6.50. The molecule has 3 atom stereocenters. The normalized spacial score (nSPS) is 23.9. The van der Waals surface area contributed by atoms with Crippen LogP contribution >= 0.6 is 22.6 Å². The minimum absolute atomic E-state index is 0.438. The van der Waals surface area contributed by atoms with E-state index in [4.69, 9.17) is 4.74 Å². The molecule has 112 valence electrons. The van der Waals surface area contributed by atoms with E-state index < -0.39 is 0 Å². The Kier molecular flexibility index (Phi) is 6.78. The molecule has 0 radical (unpaired) electrons. The maximum Gasteiger partial charge on any atom is 0.0616 e. The fraction of sp³-hybridized carbons (Fsp3) is 0.647. The van der Waals surface area contributed by atoms with Crippen molar-refractivity contribution in [3.8, 4) is 0 Å². The first-order valence-corrected chi connectivity index (χ1v) is 8.91. The first-order chi connectivity index (χ1) is 9.74. The lowest BCUT2D eigenvalue weighted by molar-refractivity contribution is 0.0775. The van der Waals surface area contributed by atoms with Gasteiger partial charge in [-0.1, -0.05) is 26.0 Å². The van der Waals surface area contributed by atoms with Gasteiger partial charge in [-0.15, -0.1) is 0 Å². The van der Waals surface area contributed by atoms with Gasteiger partial charge in [-0.2, -0.15) is 0 Å². The molecule has 1 aliphatic heterocycles. The van der Waals surface area contributed by atoms with Gasteiger partial charge >= 0.3 is 0 Å². The van der Waals surface area contributed by atoms with Crippen molar-refractivity contribution in [2.75, 3.05) is 13.2 Å². The summed E-state index contributed by atoms with van der Waals surface area (Å²) in [6, 6.07) is 9.48. The standard InChI is InChI=1S/C17H26INO/c1-3-10-19-16(15-9-11-20-17(15)4-2)12-13-5-7-14(18)8-6-13/h5-8,15-17,19H,3-4,9-12H2,1-2H3. The van der Waals surface area contributed by atoms with E-state index in [1.807, 2.05) is 0 Å². The highest BCUT2D eigenvalue weighted by Gasteiger charge is 2.33. The van der Waals surface area contributed by atoms with Crippen LogP contribution in [0.2, 0.25) is 0 Å². The van der Waals surface area contributed by atoms with Crippen molar-refractivity contribution in [3.05, 3.63) is 33.4 Å². The summed E-state index contributed by atoms with van der Waals surface area (Å²) < 4.78 is 7.20. The molecule has 0 aromatic heterocycles. The van der Waals surface area contributed by atoms with Crippen LogP contribution in [-0.2, 0) is 11.2 Å². The molecule has 0 spiro atoms. The van der Waals surface area contributed by atoms with E-state index in [2.05, 4.69) is 66.0 Å². The van der Waals surface area contributed by atoms with Crippen molar-refractivity contribution < 1.29 is 4.74 Å². The highest BCUT2D eigenvalue weighted by Crippen LogP contribution is 2.28. The second-order valence-electron chi connectivity index (χ2n) is 5.66. The van der Waals surface area contributed by atoms with Crippen LogP contribution in [0.25, 0.3) is 0 Å². The van der Waals surface area contributed by atoms with Crippen molar-refractivity contribution in [1.29, 1.82) is 0 Å². The zero-order valence-corrected chi connectivity index (χ0v) is 14.7. The number of ether oxygens (including phenoxy) is 1. The molecule has 0 aliphatic carbocycles.